The van der Waals surface area contributed by atoms with E-state index in [1.807, 2.05) is 6.92 Å². The highest BCUT2D eigenvalue weighted by atomic mass is 19.1. The number of rotatable bonds is 7. The van der Waals surface area contributed by atoms with Crippen LogP contribution in [0.25, 0.3) is 10.8 Å². The van der Waals surface area contributed by atoms with Gasteiger partial charge in [-0.05, 0) is 55.9 Å². The highest BCUT2D eigenvalue weighted by molar-refractivity contribution is 6.08. The Hall–Kier alpha value is -3.22. The van der Waals surface area contributed by atoms with Gasteiger partial charge in [0.2, 0.25) is 0 Å². The number of amides is 1. The molecule has 1 aromatic heterocycles. The van der Waals surface area contributed by atoms with Crippen molar-refractivity contribution in [1.29, 1.82) is 0 Å². The number of hydrogen-bond acceptors (Lipinski definition) is 3. The summed E-state index contributed by atoms with van der Waals surface area (Å²) in [7, 11) is 0. The van der Waals surface area contributed by atoms with Crippen LogP contribution in [0.1, 0.15) is 60.3 Å². The molecule has 0 radical (unpaired) electrons. The van der Waals surface area contributed by atoms with E-state index < -0.39 is 11.4 Å². The molecule has 1 amide bonds. The van der Waals surface area contributed by atoms with E-state index in [-0.39, 0.29) is 40.0 Å². The molecule has 1 aliphatic carbocycles. The van der Waals surface area contributed by atoms with E-state index in [4.69, 9.17) is 0 Å². The predicted molar refractivity (Wildman–Crippen MR) is 121 cm³/mol. The van der Waals surface area contributed by atoms with Crippen molar-refractivity contribution in [3.8, 4) is 0 Å². The second-order valence-electron chi connectivity index (χ2n) is 8.37. The Kier molecular flexibility index (Phi) is 6.26. The number of carbonyl (C=O) groups excluding carboxylic acids is 1. The number of benzene rings is 2. The summed E-state index contributed by atoms with van der Waals surface area (Å²) in [5, 5.41) is 3.27. The zero-order valence-corrected chi connectivity index (χ0v) is 18.3. The molecular formula is C25H27F2N3O2. The Bertz CT molecular complexity index is 1200. The minimum Gasteiger partial charge on any atom is -0.345 e. The Morgan fingerprint density at radius 3 is 2.50 bits per heavy atom. The molecule has 168 valence electrons. The first kappa shape index (κ1) is 22.0. The van der Waals surface area contributed by atoms with Gasteiger partial charge in [0.1, 0.15) is 11.6 Å². The summed E-state index contributed by atoms with van der Waals surface area (Å²) in [4.78, 5) is 26.6. The van der Waals surface area contributed by atoms with Gasteiger partial charge in [-0.15, -0.1) is 0 Å². The van der Waals surface area contributed by atoms with Crippen LogP contribution in [0.4, 0.5) is 8.78 Å². The summed E-state index contributed by atoms with van der Waals surface area (Å²) in [5.74, 6) is -1.13. The Morgan fingerprint density at radius 2 is 1.88 bits per heavy atom. The van der Waals surface area contributed by atoms with Gasteiger partial charge in [0.05, 0.1) is 22.7 Å². The second kappa shape index (κ2) is 9.10. The van der Waals surface area contributed by atoms with E-state index in [0.29, 0.717) is 12.2 Å². The summed E-state index contributed by atoms with van der Waals surface area (Å²) in [6.45, 7) is 4.14. The minimum absolute atomic E-state index is 0.117. The minimum atomic E-state index is -0.664. The van der Waals surface area contributed by atoms with Crippen molar-refractivity contribution in [2.24, 2.45) is 5.92 Å². The Labute approximate surface area is 185 Å². The van der Waals surface area contributed by atoms with Gasteiger partial charge in [-0.1, -0.05) is 37.6 Å². The van der Waals surface area contributed by atoms with Gasteiger partial charge in [0.25, 0.3) is 11.5 Å². The third-order valence-corrected chi connectivity index (χ3v) is 6.28. The zero-order chi connectivity index (χ0) is 22.8. The molecule has 0 aliphatic heterocycles. The summed E-state index contributed by atoms with van der Waals surface area (Å²) < 4.78 is 29.4. The molecule has 2 aromatic carbocycles. The summed E-state index contributed by atoms with van der Waals surface area (Å²) >= 11 is 0. The number of aromatic nitrogens is 1. The van der Waals surface area contributed by atoms with Crippen LogP contribution in [0.2, 0.25) is 0 Å². The van der Waals surface area contributed by atoms with Crippen molar-refractivity contribution in [2.75, 3.05) is 12.0 Å². The Balaban J connectivity index is 1.80. The summed E-state index contributed by atoms with van der Waals surface area (Å²) in [6.07, 6.45) is 3.77. The second-order valence-corrected chi connectivity index (χ2v) is 8.37. The lowest BCUT2D eigenvalue weighted by atomic mass is 9.77. The fourth-order valence-electron chi connectivity index (χ4n) is 4.35. The van der Waals surface area contributed by atoms with Crippen molar-refractivity contribution in [2.45, 2.75) is 45.6 Å². The van der Waals surface area contributed by atoms with Gasteiger partial charge in [0.15, 0.2) is 0 Å². The lowest BCUT2D eigenvalue weighted by Gasteiger charge is -2.35. The molecule has 7 heteroatoms. The van der Waals surface area contributed by atoms with Crippen molar-refractivity contribution in [3.63, 3.8) is 0 Å². The number of nitrogens with one attached hydrogen (secondary N) is 2. The Morgan fingerprint density at radius 1 is 1.16 bits per heavy atom. The maximum absolute atomic E-state index is 14.7. The molecule has 1 aliphatic rings. The van der Waals surface area contributed by atoms with Gasteiger partial charge in [-0.2, -0.15) is 0 Å². The molecular weight excluding hydrogens is 412 g/mol. The molecule has 3 aromatic rings. The first-order valence-corrected chi connectivity index (χ1v) is 11.1. The third-order valence-electron chi connectivity index (χ3n) is 6.28. The molecule has 32 heavy (non-hydrogen) atoms. The average Bonchev–Trinajstić information content (AvgIpc) is 2.72. The number of hydrogen-bond donors (Lipinski definition) is 2. The maximum atomic E-state index is 14.7. The molecule has 1 atom stereocenters. The molecule has 0 unspecified atom stereocenters. The molecule has 2 N–H and O–H groups in total. The first-order valence-electron chi connectivity index (χ1n) is 11.1. The van der Waals surface area contributed by atoms with Crippen LogP contribution >= 0.6 is 0 Å². The van der Waals surface area contributed by atoms with Gasteiger partial charge in [0, 0.05) is 11.9 Å². The fraction of sp³-hybridized carbons (Fsp3) is 0.360. The number of pyridine rings is 1. The number of halogens is 2. The van der Waals surface area contributed by atoms with Crippen LogP contribution in [0.3, 0.4) is 0 Å². The molecule has 1 fully saturated rings. The molecule has 4 rings (SSSR count). The van der Waals surface area contributed by atoms with Gasteiger partial charge in [-0.3, -0.25) is 9.59 Å². The van der Waals surface area contributed by atoms with E-state index in [9.17, 15) is 18.4 Å². The number of nitrogens with zero attached hydrogens (tertiary/aromatic N) is 1. The van der Waals surface area contributed by atoms with Crippen molar-refractivity contribution in [3.05, 3.63) is 81.3 Å². The van der Waals surface area contributed by atoms with E-state index in [1.165, 1.54) is 28.9 Å². The third kappa shape index (κ3) is 3.99. The standard InChI is InChI=1S/C25H27F2N3O2/c1-3-14-28-30-15(2)21(19-8-5-9-20(27)22(19)25(30)32)24(31)29-23(16-6-4-7-16)17-10-12-18(26)13-11-17/h5,8-13,16,23,28H,3-4,6-7,14H2,1-2H3,(H,29,31)/t23-/m0/s1. The largest absolute Gasteiger partial charge is 0.345 e. The van der Waals surface area contributed by atoms with E-state index in [0.717, 1.165) is 31.2 Å². The predicted octanol–water partition coefficient (Wildman–Crippen LogP) is 4.81. The van der Waals surface area contributed by atoms with E-state index in [2.05, 4.69) is 10.7 Å². The summed E-state index contributed by atoms with van der Waals surface area (Å²) in [5.41, 5.74) is 3.99. The van der Waals surface area contributed by atoms with Gasteiger partial charge < -0.3 is 10.7 Å². The lowest BCUT2D eigenvalue weighted by molar-refractivity contribution is 0.0901. The lowest BCUT2D eigenvalue weighted by Crippen LogP contribution is -2.39. The highest BCUT2D eigenvalue weighted by Gasteiger charge is 2.31. The SMILES string of the molecule is CCCNn1c(C)c(C(=O)N[C@H](c2ccc(F)cc2)C2CCC2)c2cccc(F)c2c1=O. The van der Waals surface area contributed by atoms with Crippen LogP contribution in [-0.2, 0) is 0 Å². The van der Waals surface area contributed by atoms with Crippen LogP contribution in [0, 0.1) is 24.5 Å². The van der Waals surface area contributed by atoms with Crippen LogP contribution < -0.4 is 16.3 Å². The van der Waals surface area contributed by atoms with Crippen LogP contribution in [-0.4, -0.2) is 17.1 Å². The highest BCUT2D eigenvalue weighted by Crippen LogP contribution is 2.38. The van der Waals surface area contributed by atoms with Crippen LogP contribution in [0.15, 0.2) is 47.3 Å². The number of fused-ring (bicyclic) bond motifs is 1. The van der Waals surface area contributed by atoms with Crippen molar-refractivity contribution < 1.29 is 13.6 Å². The molecule has 0 saturated heterocycles. The topological polar surface area (TPSA) is 63.1 Å². The van der Waals surface area contributed by atoms with Gasteiger partial charge in [-0.25, -0.2) is 13.5 Å². The van der Waals surface area contributed by atoms with Crippen LogP contribution in [0.5, 0.6) is 0 Å². The molecule has 1 saturated carbocycles. The van der Waals surface area contributed by atoms with Crippen molar-refractivity contribution in [1.82, 2.24) is 9.99 Å². The quantitative estimate of drug-likeness (QED) is 0.555. The zero-order valence-electron chi connectivity index (χ0n) is 18.3. The smallest absolute Gasteiger partial charge is 0.279 e. The van der Waals surface area contributed by atoms with E-state index in [1.54, 1.807) is 25.1 Å². The normalized spacial score (nSPS) is 14.8. The molecule has 5 nitrogen and oxygen atoms in total. The number of carbonyl (C=O) groups is 1. The van der Waals surface area contributed by atoms with E-state index >= 15 is 0 Å². The van der Waals surface area contributed by atoms with Crippen molar-refractivity contribution >= 4 is 16.7 Å². The average molecular weight is 440 g/mol. The molecule has 1 heterocycles. The molecule has 0 spiro atoms. The van der Waals surface area contributed by atoms with Gasteiger partial charge >= 0.3 is 0 Å². The summed E-state index contributed by atoms with van der Waals surface area (Å²) in [6, 6.07) is 10.2. The first-order chi connectivity index (χ1) is 15.4. The monoisotopic (exact) mass is 439 g/mol. The fourth-order valence-corrected chi connectivity index (χ4v) is 4.35. The molecule has 0 bridgehead atoms. The maximum Gasteiger partial charge on any atom is 0.279 e.